The van der Waals surface area contributed by atoms with Crippen LogP contribution in [-0.4, -0.2) is 49.1 Å². The van der Waals surface area contributed by atoms with E-state index in [0.29, 0.717) is 28.7 Å². The smallest absolute Gasteiger partial charge is 0.412 e. The van der Waals surface area contributed by atoms with Crippen molar-refractivity contribution < 1.29 is 23.8 Å². The number of aliphatic hydroxyl groups excluding tert-OH is 1. The monoisotopic (exact) mass is 560 g/mol. The lowest BCUT2D eigenvalue weighted by Gasteiger charge is -2.21. The van der Waals surface area contributed by atoms with Crippen molar-refractivity contribution >= 4 is 34.3 Å². The molecule has 1 fully saturated rings. The Labute approximate surface area is 237 Å². The van der Waals surface area contributed by atoms with Crippen molar-refractivity contribution in [3.05, 3.63) is 66.1 Å². The molecular formula is C30H33FN6O4. The number of rotatable bonds is 7. The first-order valence-electron chi connectivity index (χ1n) is 13.4. The number of halogens is 1. The summed E-state index contributed by atoms with van der Waals surface area (Å²) in [6, 6.07) is 5.09. The zero-order chi connectivity index (χ0) is 29.5. The van der Waals surface area contributed by atoms with Crippen LogP contribution in [0.4, 0.5) is 20.7 Å². The molecule has 3 aromatic heterocycles. The third-order valence-electron chi connectivity index (χ3n) is 7.22. The Bertz CT molecular complexity index is 1630. The number of ether oxygens (including phenoxy) is 1. The normalized spacial score (nSPS) is 18.3. The summed E-state index contributed by atoms with van der Waals surface area (Å²) >= 11 is 0. The van der Waals surface area contributed by atoms with Crippen LogP contribution in [0, 0.1) is 24.6 Å². The number of aromatic nitrogens is 4. The molecule has 1 aromatic carbocycles. The van der Waals surface area contributed by atoms with E-state index in [0.717, 1.165) is 11.1 Å². The quantitative estimate of drug-likeness (QED) is 0.281. The number of carbonyl (C=O) groups excluding carboxylic acids is 2. The van der Waals surface area contributed by atoms with E-state index >= 15 is 4.39 Å². The summed E-state index contributed by atoms with van der Waals surface area (Å²) in [4.78, 5) is 34.4. The molecule has 3 heterocycles. The molecule has 0 bridgehead atoms. The minimum atomic E-state index is -0.800. The van der Waals surface area contributed by atoms with Gasteiger partial charge in [-0.15, -0.1) is 0 Å². The Morgan fingerprint density at radius 3 is 2.63 bits per heavy atom. The summed E-state index contributed by atoms with van der Waals surface area (Å²) in [7, 11) is 0. The summed E-state index contributed by atoms with van der Waals surface area (Å²) in [5, 5.41) is 19.8. The Morgan fingerprint density at radius 2 is 1.93 bits per heavy atom. The Balaban J connectivity index is 1.46. The number of nitrogens with zero attached hydrogens (tertiary/aromatic N) is 4. The van der Waals surface area contributed by atoms with Crippen molar-refractivity contribution in [2.24, 2.45) is 11.8 Å². The van der Waals surface area contributed by atoms with Crippen LogP contribution in [-0.2, 0) is 16.1 Å². The summed E-state index contributed by atoms with van der Waals surface area (Å²) in [5.74, 6) is -0.648. The third kappa shape index (κ3) is 5.90. The average Bonchev–Trinajstić information content (AvgIpc) is 3.35. The molecule has 0 radical (unpaired) electrons. The van der Waals surface area contributed by atoms with Crippen molar-refractivity contribution in [3.63, 3.8) is 0 Å². The highest BCUT2D eigenvalue weighted by Crippen LogP contribution is 2.54. The van der Waals surface area contributed by atoms with Crippen LogP contribution in [0.3, 0.4) is 0 Å². The fraction of sp³-hybridized carbons (Fsp3) is 0.367. The molecule has 1 saturated carbocycles. The number of nitrogens with one attached hydrogen (secondary N) is 2. The van der Waals surface area contributed by atoms with Crippen LogP contribution in [0.25, 0.3) is 21.9 Å². The Morgan fingerprint density at radius 1 is 1.15 bits per heavy atom. The molecule has 3 N–H and O–H groups in total. The maximum Gasteiger partial charge on any atom is 0.412 e. The molecule has 4 aromatic rings. The van der Waals surface area contributed by atoms with Crippen LogP contribution in [0.1, 0.15) is 44.7 Å². The van der Waals surface area contributed by atoms with Gasteiger partial charge in [0.05, 0.1) is 25.0 Å². The highest BCUT2D eigenvalue weighted by atomic mass is 19.1. The molecule has 1 unspecified atom stereocenters. The van der Waals surface area contributed by atoms with E-state index in [1.807, 2.05) is 20.0 Å². The predicted molar refractivity (Wildman–Crippen MR) is 153 cm³/mol. The molecule has 3 atom stereocenters. The number of hydrogen-bond acceptors (Lipinski definition) is 7. The molecular weight excluding hydrogens is 527 g/mol. The van der Waals surface area contributed by atoms with Gasteiger partial charge in [-0.3, -0.25) is 19.8 Å². The number of carbonyl (C=O) groups is 2. The fourth-order valence-corrected chi connectivity index (χ4v) is 5.17. The topological polar surface area (TPSA) is 131 Å². The number of fused-ring (bicyclic) bond motifs is 1. The van der Waals surface area contributed by atoms with Gasteiger partial charge in [0.15, 0.2) is 5.82 Å². The molecule has 0 saturated heterocycles. The summed E-state index contributed by atoms with van der Waals surface area (Å²) in [5.41, 5.74) is 1.71. The van der Waals surface area contributed by atoms with Crippen molar-refractivity contribution in [1.29, 1.82) is 0 Å². The van der Waals surface area contributed by atoms with Crippen LogP contribution in [0.15, 0.2) is 49.2 Å². The predicted octanol–water partition coefficient (Wildman–Crippen LogP) is 5.27. The van der Waals surface area contributed by atoms with Crippen molar-refractivity contribution in [2.75, 3.05) is 17.2 Å². The minimum absolute atomic E-state index is 0.0140. The highest BCUT2D eigenvalue weighted by molar-refractivity contribution is 6.05. The van der Waals surface area contributed by atoms with E-state index in [2.05, 4.69) is 25.7 Å². The first-order valence-corrected chi connectivity index (χ1v) is 13.4. The second kappa shape index (κ2) is 10.9. The van der Waals surface area contributed by atoms with Gasteiger partial charge in [-0.2, -0.15) is 5.10 Å². The number of benzene rings is 1. The van der Waals surface area contributed by atoms with Gasteiger partial charge in [0.1, 0.15) is 11.4 Å². The second-order valence-electron chi connectivity index (χ2n) is 11.4. The van der Waals surface area contributed by atoms with E-state index in [1.54, 1.807) is 62.2 Å². The summed E-state index contributed by atoms with van der Waals surface area (Å²) < 4.78 is 23.0. The van der Waals surface area contributed by atoms with Gasteiger partial charge in [-0.05, 0) is 68.3 Å². The lowest BCUT2D eigenvalue weighted by atomic mass is 9.98. The number of pyridine rings is 2. The fourth-order valence-electron chi connectivity index (χ4n) is 5.17. The van der Waals surface area contributed by atoms with Crippen LogP contribution < -0.4 is 10.6 Å². The number of aryl methyl sites for hydroxylation is 1. The number of amides is 2. The van der Waals surface area contributed by atoms with Gasteiger partial charge in [0.25, 0.3) is 0 Å². The summed E-state index contributed by atoms with van der Waals surface area (Å²) in [6.07, 6.45) is 7.40. The molecule has 1 aliphatic rings. The summed E-state index contributed by atoms with van der Waals surface area (Å²) in [6.45, 7) is 9.40. The van der Waals surface area contributed by atoms with E-state index in [9.17, 15) is 9.59 Å². The maximum absolute atomic E-state index is 16.0. The largest absolute Gasteiger partial charge is 0.444 e. The molecule has 41 heavy (non-hydrogen) atoms. The maximum atomic E-state index is 16.0. The molecule has 2 amide bonds. The van der Waals surface area contributed by atoms with Crippen LogP contribution in [0.2, 0.25) is 0 Å². The SMILES string of the molecule is Cc1ccncc1-c1cc2cc(NC(=O)[C@H]3C(C)[C@@H]3c3cnn(CCO)c3)ncc2c(NC(=O)OC(C)(C)C)c1F. The molecule has 11 heteroatoms. The van der Waals surface area contributed by atoms with E-state index in [1.165, 1.54) is 6.20 Å². The first-order chi connectivity index (χ1) is 19.5. The van der Waals surface area contributed by atoms with Crippen molar-refractivity contribution in [1.82, 2.24) is 19.7 Å². The molecule has 0 aliphatic heterocycles. The third-order valence-corrected chi connectivity index (χ3v) is 7.22. The zero-order valence-electron chi connectivity index (χ0n) is 23.6. The van der Waals surface area contributed by atoms with Gasteiger partial charge in [0.2, 0.25) is 5.91 Å². The highest BCUT2D eigenvalue weighted by Gasteiger charge is 2.53. The lowest BCUT2D eigenvalue weighted by Crippen LogP contribution is -2.27. The average molecular weight is 561 g/mol. The zero-order valence-corrected chi connectivity index (χ0v) is 23.6. The van der Waals surface area contributed by atoms with E-state index in [-0.39, 0.29) is 41.5 Å². The van der Waals surface area contributed by atoms with E-state index < -0.39 is 17.5 Å². The second-order valence-corrected chi connectivity index (χ2v) is 11.4. The number of aliphatic hydroxyl groups is 1. The standard InChI is InChI=1S/C30H33FN6O4/c1-16-6-7-32-13-21(16)20-10-18-11-23(33-14-22(18)27(26(20)31)36-29(40)41-30(3,4)5)35-28(39)25-17(2)24(25)19-12-34-37(15-19)8-9-38/h6-7,10-15,17,24-25,38H,8-9H2,1-5H3,(H,36,40)(H,33,35,39)/t17?,24-,25+/m1/s1. The lowest BCUT2D eigenvalue weighted by molar-refractivity contribution is -0.117. The molecule has 214 valence electrons. The number of anilines is 2. The molecule has 5 rings (SSSR count). The Kier molecular flexibility index (Phi) is 7.48. The Hall–Kier alpha value is -4.38. The van der Waals surface area contributed by atoms with Gasteiger partial charge < -0.3 is 15.2 Å². The molecule has 0 spiro atoms. The van der Waals surface area contributed by atoms with Gasteiger partial charge in [0, 0.05) is 53.1 Å². The van der Waals surface area contributed by atoms with Crippen LogP contribution >= 0.6 is 0 Å². The van der Waals surface area contributed by atoms with E-state index in [4.69, 9.17) is 9.84 Å². The molecule has 1 aliphatic carbocycles. The van der Waals surface area contributed by atoms with Gasteiger partial charge in [-0.25, -0.2) is 14.2 Å². The number of hydrogen-bond donors (Lipinski definition) is 3. The minimum Gasteiger partial charge on any atom is -0.444 e. The first kappa shape index (κ1) is 28.2. The molecule has 10 nitrogen and oxygen atoms in total. The van der Waals surface area contributed by atoms with Crippen molar-refractivity contribution in [3.8, 4) is 11.1 Å². The van der Waals surface area contributed by atoms with Crippen LogP contribution in [0.5, 0.6) is 0 Å². The van der Waals surface area contributed by atoms with Gasteiger partial charge in [-0.1, -0.05) is 6.92 Å². The van der Waals surface area contributed by atoms with Gasteiger partial charge >= 0.3 is 6.09 Å². The van der Waals surface area contributed by atoms with Crippen molar-refractivity contribution in [2.45, 2.75) is 52.7 Å².